The molecule has 2 nitrogen and oxygen atoms in total. The normalized spacial score (nSPS) is 18.6. The molecule has 1 aliphatic carbocycles. The van der Waals surface area contributed by atoms with Crippen LogP contribution in [0.25, 0.3) is 0 Å². The molecule has 0 spiro atoms. The highest BCUT2D eigenvalue weighted by Crippen LogP contribution is 2.36. The minimum absolute atomic E-state index is 0.522. The summed E-state index contributed by atoms with van der Waals surface area (Å²) in [6, 6.07) is 0. The molecule has 0 aliphatic heterocycles. The van der Waals surface area contributed by atoms with Gasteiger partial charge in [0.15, 0.2) is 0 Å². The van der Waals surface area contributed by atoms with E-state index in [1.807, 2.05) is 10.8 Å². The standard InChI is InChI=1S/C10H12N2S2/c11-7-13-6-10(14-8-12)9-4-2-1-3-5-9/h6,9H,1-5H2/b10-6+. The van der Waals surface area contributed by atoms with Crippen LogP contribution in [-0.2, 0) is 0 Å². The van der Waals surface area contributed by atoms with Crippen molar-refractivity contribution in [2.45, 2.75) is 32.1 Å². The van der Waals surface area contributed by atoms with Crippen molar-refractivity contribution in [2.24, 2.45) is 5.92 Å². The lowest BCUT2D eigenvalue weighted by atomic mass is 9.89. The summed E-state index contributed by atoms with van der Waals surface area (Å²) in [5.74, 6) is 0.522. The van der Waals surface area contributed by atoms with E-state index in [1.54, 1.807) is 0 Å². The van der Waals surface area contributed by atoms with Crippen LogP contribution >= 0.6 is 23.5 Å². The largest absolute Gasteiger partial charge is 0.185 e. The highest BCUT2D eigenvalue weighted by atomic mass is 32.2. The first-order valence-corrected chi connectivity index (χ1v) is 6.39. The Morgan fingerprint density at radius 3 is 2.43 bits per heavy atom. The molecule has 0 aromatic carbocycles. The molecule has 0 aromatic heterocycles. The second-order valence-corrected chi connectivity index (χ2v) is 4.77. The molecule has 1 aliphatic rings. The predicted octanol–water partition coefficient (Wildman–Crippen LogP) is 3.84. The van der Waals surface area contributed by atoms with Crippen molar-refractivity contribution in [2.75, 3.05) is 0 Å². The van der Waals surface area contributed by atoms with Crippen LogP contribution in [0.4, 0.5) is 0 Å². The summed E-state index contributed by atoms with van der Waals surface area (Å²) >= 11 is 2.34. The Labute approximate surface area is 93.4 Å². The SMILES string of the molecule is N#CS/C=C(/SC#N)C1CCCCC1. The van der Waals surface area contributed by atoms with E-state index in [-0.39, 0.29) is 0 Å². The number of hydrogen-bond donors (Lipinski definition) is 0. The first kappa shape index (κ1) is 11.5. The fourth-order valence-corrected chi connectivity index (χ4v) is 2.93. The van der Waals surface area contributed by atoms with Gasteiger partial charge in [-0.2, -0.15) is 10.5 Å². The molecule has 0 aromatic rings. The van der Waals surface area contributed by atoms with Crippen molar-refractivity contribution in [3.63, 3.8) is 0 Å². The van der Waals surface area contributed by atoms with Gasteiger partial charge in [-0.05, 0) is 47.7 Å². The van der Waals surface area contributed by atoms with E-state index in [2.05, 4.69) is 5.40 Å². The predicted molar refractivity (Wildman–Crippen MR) is 61.1 cm³/mol. The topological polar surface area (TPSA) is 47.6 Å². The Morgan fingerprint density at radius 2 is 1.86 bits per heavy atom. The van der Waals surface area contributed by atoms with E-state index in [1.165, 1.54) is 43.9 Å². The smallest absolute Gasteiger partial charge is 0.138 e. The minimum atomic E-state index is 0.522. The second-order valence-electron chi connectivity index (χ2n) is 3.26. The van der Waals surface area contributed by atoms with Crippen LogP contribution < -0.4 is 0 Å². The summed E-state index contributed by atoms with van der Waals surface area (Å²) < 4.78 is 0. The number of hydrogen-bond acceptors (Lipinski definition) is 4. The average molecular weight is 224 g/mol. The van der Waals surface area contributed by atoms with Crippen LogP contribution in [0.2, 0.25) is 0 Å². The molecular formula is C10H12N2S2. The lowest BCUT2D eigenvalue weighted by Gasteiger charge is -2.22. The highest BCUT2D eigenvalue weighted by Gasteiger charge is 2.18. The fraction of sp³-hybridized carbons (Fsp3) is 0.600. The number of allylic oxidation sites excluding steroid dienone is 1. The van der Waals surface area contributed by atoms with Gasteiger partial charge in [0, 0.05) is 4.91 Å². The molecule has 0 unspecified atom stereocenters. The maximum atomic E-state index is 8.65. The molecule has 0 atom stereocenters. The van der Waals surface area contributed by atoms with E-state index < -0.39 is 0 Å². The molecule has 74 valence electrons. The Kier molecular flexibility index (Phi) is 5.59. The molecular weight excluding hydrogens is 212 g/mol. The van der Waals surface area contributed by atoms with Gasteiger partial charge in [-0.1, -0.05) is 19.3 Å². The Hall–Kier alpha value is -0.580. The Morgan fingerprint density at radius 1 is 1.14 bits per heavy atom. The number of nitrogens with zero attached hydrogens (tertiary/aromatic N) is 2. The third-order valence-corrected chi connectivity index (χ3v) is 3.80. The summed E-state index contributed by atoms with van der Waals surface area (Å²) in [6.07, 6.45) is 6.17. The molecule has 0 heterocycles. The van der Waals surface area contributed by atoms with Crippen LogP contribution in [-0.4, -0.2) is 0 Å². The maximum absolute atomic E-state index is 8.65. The zero-order chi connectivity index (χ0) is 10.2. The van der Waals surface area contributed by atoms with Crippen LogP contribution in [0.5, 0.6) is 0 Å². The van der Waals surface area contributed by atoms with Crippen molar-refractivity contribution in [3.05, 3.63) is 10.3 Å². The molecule has 1 rings (SSSR count). The zero-order valence-corrected chi connectivity index (χ0v) is 9.53. The van der Waals surface area contributed by atoms with Crippen molar-refractivity contribution >= 4 is 23.5 Å². The zero-order valence-electron chi connectivity index (χ0n) is 7.90. The first-order valence-electron chi connectivity index (χ1n) is 4.69. The van der Waals surface area contributed by atoms with Crippen LogP contribution in [0, 0.1) is 27.2 Å². The van der Waals surface area contributed by atoms with Gasteiger partial charge in [0.25, 0.3) is 0 Å². The van der Waals surface area contributed by atoms with E-state index in [0.717, 1.165) is 16.7 Å². The number of nitriles is 2. The van der Waals surface area contributed by atoms with Gasteiger partial charge in [0.2, 0.25) is 0 Å². The Balaban J connectivity index is 2.57. The van der Waals surface area contributed by atoms with Crippen LogP contribution in [0.1, 0.15) is 32.1 Å². The van der Waals surface area contributed by atoms with Crippen molar-refractivity contribution in [1.29, 1.82) is 10.5 Å². The number of thioether (sulfide) groups is 2. The molecule has 0 N–H and O–H groups in total. The van der Waals surface area contributed by atoms with Crippen molar-refractivity contribution < 1.29 is 0 Å². The van der Waals surface area contributed by atoms with E-state index in [4.69, 9.17) is 10.5 Å². The lowest BCUT2D eigenvalue weighted by molar-refractivity contribution is 0.415. The maximum Gasteiger partial charge on any atom is 0.138 e. The summed E-state index contributed by atoms with van der Waals surface area (Å²) in [5.41, 5.74) is 0. The third kappa shape index (κ3) is 3.65. The molecule has 0 saturated heterocycles. The van der Waals surface area contributed by atoms with E-state index >= 15 is 0 Å². The summed E-state index contributed by atoms with van der Waals surface area (Å²) in [4.78, 5) is 1.08. The van der Waals surface area contributed by atoms with Gasteiger partial charge >= 0.3 is 0 Å². The summed E-state index contributed by atoms with van der Waals surface area (Å²) in [7, 11) is 0. The molecule has 14 heavy (non-hydrogen) atoms. The second kappa shape index (κ2) is 6.81. The van der Waals surface area contributed by atoms with Gasteiger partial charge in [-0.3, -0.25) is 0 Å². The van der Waals surface area contributed by atoms with Gasteiger partial charge in [0.05, 0.1) is 0 Å². The summed E-state index contributed by atoms with van der Waals surface area (Å²) in [6.45, 7) is 0. The van der Waals surface area contributed by atoms with E-state index in [0.29, 0.717) is 5.92 Å². The Bertz CT molecular complexity index is 279. The number of rotatable bonds is 3. The van der Waals surface area contributed by atoms with E-state index in [9.17, 15) is 0 Å². The lowest BCUT2D eigenvalue weighted by Crippen LogP contribution is -2.06. The molecule has 0 radical (unpaired) electrons. The third-order valence-electron chi connectivity index (χ3n) is 2.40. The molecule has 0 amide bonds. The minimum Gasteiger partial charge on any atom is -0.185 e. The average Bonchev–Trinajstić information content (AvgIpc) is 2.25. The van der Waals surface area contributed by atoms with Gasteiger partial charge in [0.1, 0.15) is 10.8 Å². The molecule has 1 fully saturated rings. The van der Waals surface area contributed by atoms with Crippen molar-refractivity contribution in [3.8, 4) is 10.8 Å². The highest BCUT2D eigenvalue weighted by molar-refractivity contribution is 8.10. The van der Waals surface area contributed by atoms with Gasteiger partial charge in [-0.15, -0.1) is 0 Å². The molecule has 4 heteroatoms. The summed E-state index contributed by atoms with van der Waals surface area (Å²) in [5, 5.41) is 23.1. The van der Waals surface area contributed by atoms with Crippen molar-refractivity contribution in [1.82, 2.24) is 0 Å². The molecule has 0 bridgehead atoms. The fourth-order valence-electron chi connectivity index (χ4n) is 1.73. The monoisotopic (exact) mass is 224 g/mol. The van der Waals surface area contributed by atoms with Gasteiger partial charge in [-0.25, -0.2) is 0 Å². The van der Waals surface area contributed by atoms with Gasteiger partial charge < -0.3 is 0 Å². The quantitative estimate of drug-likeness (QED) is 0.683. The van der Waals surface area contributed by atoms with Crippen LogP contribution in [0.15, 0.2) is 10.3 Å². The molecule has 1 saturated carbocycles. The first-order chi connectivity index (χ1) is 6.88. The van der Waals surface area contributed by atoms with Crippen LogP contribution in [0.3, 0.4) is 0 Å². The number of thiocyanates is 2.